The number of carboxylic acid groups (broad SMARTS) is 1. The van der Waals surface area contributed by atoms with Crippen LogP contribution in [0.25, 0.3) is 11.3 Å². The lowest BCUT2D eigenvalue weighted by Crippen LogP contribution is -2.91. The lowest BCUT2D eigenvalue weighted by atomic mass is 9.50. The minimum absolute atomic E-state index is 0.0313. The molecule has 15 unspecified atom stereocenters. The van der Waals surface area contributed by atoms with Crippen molar-refractivity contribution in [3.05, 3.63) is 58.3 Å². The zero-order valence-corrected chi connectivity index (χ0v) is 36.2. The molecule has 0 aromatic carbocycles. The van der Waals surface area contributed by atoms with Crippen LogP contribution in [0.4, 0.5) is 0 Å². The van der Waals surface area contributed by atoms with Crippen LogP contribution in [-0.4, -0.2) is 110 Å². The topological polar surface area (TPSA) is 197 Å². The molecule has 2 saturated carbocycles. The number of carbonyl (C=O) groups excluding carboxylic acids is 1. The van der Waals surface area contributed by atoms with Crippen LogP contribution in [-0.2, 0) is 33.3 Å². The number of aliphatic hydroxyl groups is 4. The molecular formula is C50H61NO12. The number of methoxy groups -OCH3 is 1. The monoisotopic (exact) mass is 867 g/mol. The van der Waals surface area contributed by atoms with Crippen LogP contribution in [0.1, 0.15) is 108 Å². The van der Waals surface area contributed by atoms with E-state index >= 15 is 0 Å². The third kappa shape index (κ3) is 5.68. The van der Waals surface area contributed by atoms with E-state index in [9.17, 15) is 35.1 Å². The lowest BCUT2D eigenvalue weighted by Gasteiger charge is -2.72. The van der Waals surface area contributed by atoms with Gasteiger partial charge in [0.15, 0.2) is 16.8 Å². The fraction of sp³-hybridized carbons (Fsp3) is 0.680. The highest BCUT2D eigenvalue weighted by Crippen LogP contribution is 2.68. The molecule has 2 saturated heterocycles. The molecule has 5 aliphatic heterocycles. The Kier molecular flexibility index (Phi) is 9.91. The molecule has 0 amide bonds. The number of fused-ring (bicyclic) bond motifs is 4. The summed E-state index contributed by atoms with van der Waals surface area (Å²) >= 11 is 0. The number of carboxylic acids is 1. The number of rotatable bonds is 6. The van der Waals surface area contributed by atoms with Crippen molar-refractivity contribution >= 4 is 23.3 Å². The summed E-state index contributed by atoms with van der Waals surface area (Å²) in [6, 6.07) is 2.21. The van der Waals surface area contributed by atoms with Crippen LogP contribution in [0.5, 0.6) is 0 Å². The van der Waals surface area contributed by atoms with Gasteiger partial charge in [-0.1, -0.05) is 62.5 Å². The number of hydrogen-bond acceptors (Lipinski definition) is 11. The maximum Gasteiger partial charge on any atom is 0.333 e. The number of aliphatic hydroxyl groups excluding tert-OH is 3. The molecule has 1 aromatic heterocycles. The fourth-order valence-electron chi connectivity index (χ4n) is 14.4. The van der Waals surface area contributed by atoms with E-state index < -0.39 is 88.5 Å². The Morgan fingerprint density at radius 2 is 1.94 bits per heavy atom. The highest BCUT2D eigenvalue weighted by atomic mass is 16.8. The van der Waals surface area contributed by atoms with E-state index in [2.05, 4.69) is 29.8 Å². The summed E-state index contributed by atoms with van der Waals surface area (Å²) in [7, 11) is 1.29. The van der Waals surface area contributed by atoms with Gasteiger partial charge in [-0.15, -0.1) is 5.92 Å². The zero-order chi connectivity index (χ0) is 43.7. The van der Waals surface area contributed by atoms with Crippen molar-refractivity contribution in [1.82, 2.24) is 4.98 Å². The Morgan fingerprint density at radius 1 is 1.11 bits per heavy atom. The van der Waals surface area contributed by atoms with Crippen molar-refractivity contribution in [3.8, 4) is 11.8 Å². The van der Waals surface area contributed by atoms with E-state index in [1.807, 2.05) is 30.4 Å². The molecule has 63 heavy (non-hydrogen) atoms. The number of aromatic amines is 1. The summed E-state index contributed by atoms with van der Waals surface area (Å²) in [5.74, 6) is 1.19. The van der Waals surface area contributed by atoms with Crippen molar-refractivity contribution in [2.45, 2.75) is 150 Å². The van der Waals surface area contributed by atoms with E-state index in [-0.39, 0.29) is 55.8 Å². The molecule has 338 valence electrons. The van der Waals surface area contributed by atoms with Crippen molar-refractivity contribution in [1.29, 1.82) is 0 Å². The average molecular weight is 868 g/mol. The molecule has 13 nitrogen and oxygen atoms in total. The number of carbonyl (C=O) groups is 2. The molecule has 6 heterocycles. The number of esters is 1. The quantitative estimate of drug-likeness (QED) is 0.139. The Labute approximate surface area is 367 Å². The molecule has 4 fully saturated rings. The van der Waals surface area contributed by atoms with Crippen LogP contribution >= 0.6 is 0 Å². The smallest absolute Gasteiger partial charge is 0.333 e. The maximum absolute atomic E-state index is 13.7. The van der Waals surface area contributed by atoms with Gasteiger partial charge in [-0.3, -0.25) is 4.79 Å². The SMILES string of the molecule is COC(=O)C1=CC23C=CC4CCC2CC=CC(C1CC(=O)O)C3OC12OC3(CO4)C(C#CCC(CO)CC4=c5[nH]c(C(C)C6CCCCC6)cc5=C5CCC1(O)C(O)C53O4)CC2O. The standard InChI is InChI=1S/C50H61NO12/c1-27(29-9-4-3-5-10-29)38-22-35-37-17-19-47(58)45(57)49(37)48-26-60-32-15-14-30-11-7-13-33-34(23-41(54)55)36(44(56)59-2)24-46(30,18-16-32)43(33)62-50(47,63-48)40(53)21-31(48)12-6-8-28(25-52)20-39(61-49)42(35)51-38/h7,13,16,18,22,24,27-34,40,43,45,51-53,57-58H,3-5,8-11,14-15,17,19-21,23,25-26H2,1-2H3,(H,54,55). The molecule has 5 aliphatic carbocycles. The first-order valence-electron chi connectivity index (χ1n) is 23.6. The van der Waals surface area contributed by atoms with Gasteiger partial charge in [-0.2, -0.15) is 0 Å². The predicted octanol–water partition coefficient (Wildman–Crippen LogP) is 3.38. The van der Waals surface area contributed by atoms with E-state index in [0.717, 1.165) is 34.7 Å². The second-order valence-corrected chi connectivity index (χ2v) is 20.6. The maximum atomic E-state index is 13.7. The molecule has 0 radical (unpaired) electrons. The van der Waals surface area contributed by atoms with E-state index in [4.69, 9.17) is 23.7 Å². The van der Waals surface area contributed by atoms with Crippen molar-refractivity contribution in [2.75, 3.05) is 20.3 Å². The van der Waals surface area contributed by atoms with Gasteiger partial charge in [0.2, 0.25) is 5.79 Å². The van der Waals surface area contributed by atoms with Gasteiger partial charge in [0.05, 0.1) is 43.6 Å². The van der Waals surface area contributed by atoms with Crippen LogP contribution < -0.4 is 10.6 Å². The summed E-state index contributed by atoms with van der Waals surface area (Å²) in [6.07, 6.45) is 13.3. The molecule has 15 atom stereocenters. The van der Waals surface area contributed by atoms with Crippen LogP contribution in [0, 0.1) is 52.8 Å². The molecule has 6 N–H and O–H groups in total. The van der Waals surface area contributed by atoms with E-state index in [1.54, 1.807) is 0 Å². The number of aliphatic carboxylic acids is 1. The number of ether oxygens (including phenoxy) is 5. The van der Waals surface area contributed by atoms with Gasteiger partial charge in [0, 0.05) is 53.2 Å². The van der Waals surface area contributed by atoms with E-state index in [1.165, 1.54) is 26.4 Å². The van der Waals surface area contributed by atoms with Crippen LogP contribution in [0.3, 0.4) is 0 Å². The van der Waals surface area contributed by atoms with Gasteiger partial charge >= 0.3 is 11.9 Å². The Balaban J connectivity index is 1.16. The molecule has 10 aliphatic rings. The van der Waals surface area contributed by atoms with Gasteiger partial charge in [-0.25, -0.2) is 4.79 Å². The lowest BCUT2D eigenvalue weighted by molar-refractivity contribution is -0.496. The van der Waals surface area contributed by atoms with Crippen molar-refractivity contribution in [2.24, 2.45) is 40.9 Å². The average Bonchev–Trinajstić information content (AvgIpc) is 3.60. The molecule has 1 aromatic rings. The van der Waals surface area contributed by atoms with Crippen molar-refractivity contribution in [3.63, 3.8) is 0 Å². The third-order valence-electron chi connectivity index (χ3n) is 17.7. The molecule has 11 rings (SSSR count). The highest BCUT2D eigenvalue weighted by Gasteiger charge is 2.85. The second-order valence-electron chi connectivity index (χ2n) is 20.6. The predicted molar refractivity (Wildman–Crippen MR) is 226 cm³/mol. The van der Waals surface area contributed by atoms with Crippen LogP contribution in [0.15, 0.2) is 42.0 Å². The first kappa shape index (κ1) is 41.9. The van der Waals surface area contributed by atoms with Gasteiger partial charge in [0.1, 0.15) is 18.0 Å². The molecule has 8 bridgehead atoms. The number of nitrogens with one attached hydrogen (secondary N) is 1. The highest BCUT2D eigenvalue weighted by molar-refractivity contribution is 5.90. The first-order chi connectivity index (χ1) is 30.3. The fourth-order valence-corrected chi connectivity index (χ4v) is 14.4. The van der Waals surface area contributed by atoms with Gasteiger partial charge < -0.3 is 54.2 Å². The minimum Gasteiger partial charge on any atom is -0.481 e. The third-order valence-corrected chi connectivity index (χ3v) is 17.7. The Hall–Kier alpha value is -3.74. The normalized spacial score (nSPS) is 44.9. The zero-order valence-electron chi connectivity index (χ0n) is 36.2. The molecule has 3 spiro atoms. The minimum atomic E-state index is -2.29. The summed E-state index contributed by atoms with van der Waals surface area (Å²) in [5.41, 5.74) is -4.69. The second kappa shape index (κ2) is 14.9. The van der Waals surface area contributed by atoms with Gasteiger partial charge in [-0.05, 0) is 86.7 Å². The first-order valence-corrected chi connectivity index (χ1v) is 23.6. The summed E-state index contributed by atoms with van der Waals surface area (Å²) in [5, 5.41) is 62.8. The number of aromatic nitrogens is 1. The summed E-state index contributed by atoms with van der Waals surface area (Å²) in [6.45, 7) is 2.01. The summed E-state index contributed by atoms with van der Waals surface area (Å²) in [4.78, 5) is 30.1. The van der Waals surface area contributed by atoms with Gasteiger partial charge in [0.25, 0.3) is 0 Å². The van der Waals surface area contributed by atoms with Crippen molar-refractivity contribution < 1.29 is 58.8 Å². The Bertz CT molecular complexity index is 2370. The Morgan fingerprint density at radius 3 is 2.71 bits per heavy atom. The van der Waals surface area contributed by atoms with Crippen LogP contribution in [0.2, 0.25) is 0 Å². The molecule has 13 heteroatoms. The number of hydrogen-bond donors (Lipinski definition) is 6. The molecular weight excluding hydrogens is 807 g/mol. The summed E-state index contributed by atoms with van der Waals surface area (Å²) < 4.78 is 35.0. The number of allylic oxidation sites excluding steroid dienone is 1. The largest absolute Gasteiger partial charge is 0.481 e. The van der Waals surface area contributed by atoms with E-state index in [0.29, 0.717) is 43.8 Å². The number of H-pyrrole nitrogens is 1.